The number of carbonyl (C=O) groups excluding carboxylic acids is 1. The Labute approximate surface area is 139 Å². The summed E-state index contributed by atoms with van der Waals surface area (Å²) in [5.74, 6) is 1.05. The van der Waals surface area contributed by atoms with Gasteiger partial charge in [-0.1, -0.05) is 43.1 Å². The molecule has 1 aliphatic rings. The van der Waals surface area contributed by atoms with Crippen molar-refractivity contribution in [3.8, 4) is 0 Å². The first-order valence-corrected chi connectivity index (χ1v) is 9.05. The Kier molecular flexibility index (Phi) is 4.93. The van der Waals surface area contributed by atoms with Crippen LogP contribution in [0.15, 0.2) is 23.4 Å². The Bertz CT molecular complexity index is 672. The molecule has 1 aromatic heterocycles. The number of carbonyl (C=O) groups is 1. The normalized spacial score (nSPS) is 21.9. The highest BCUT2D eigenvalue weighted by atomic mass is 35.5. The van der Waals surface area contributed by atoms with Gasteiger partial charge in [0.05, 0.1) is 16.8 Å². The first-order valence-electron chi connectivity index (χ1n) is 7.69. The van der Waals surface area contributed by atoms with E-state index in [2.05, 4.69) is 22.2 Å². The van der Waals surface area contributed by atoms with Crippen LogP contribution in [0.2, 0.25) is 5.02 Å². The number of hydrogen-bond donors (Lipinski definition) is 2. The number of amides is 1. The number of rotatable bonds is 4. The van der Waals surface area contributed by atoms with Gasteiger partial charge < -0.3 is 10.3 Å². The number of hydrogen-bond acceptors (Lipinski definition) is 3. The highest BCUT2D eigenvalue weighted by molar-refractivity contribution is 7.99. The van der Waals surface area contributed by atoms with Gasteiger partial charge in [0.15, 0.2) is 5.16 Å². The lowest BCUT2D eigenvalue weighted by Crippen LogP contribution is -2.41. The highest BCUT2D eigenvalue weighted by Gasteiger charge is 2.22. The van der Waals surface area contributed by atoms with Crippen LogP contribution in [0.25, 0.3) is 11.0 Å². The molecule has 0 radical (unpaired) electrons. The Morgan fingerprint density at radius 3 is 3.09 bits per heavy atom. The van der Waals surface area contributed by atoms with Crippen molar-refractivity contribution in [3.05, 3.63) is 23.2 Å². The number of H-pyrrole nitrogens is 1. The van der Waals surface area contributed by atoms with Crippen molar-refractivity contribution in [2.45, 2.75) is 43.8 Å². The largest absolute Gasteiger partial charge is 0.352 e. The minimum atomic E-state index is 0.0854. The molecule has 0 saturated heterocycles. The molecule has 1 aromatic carbocycles. The summed E-state index contributed by atoms with van der Waals surface area (Å²) >= 11 is 7.39. The molecule has 118 valence electrons. The fraction of sp³-hybridized carbons (Fsp3) is 0.500. The number of imidazole rings is 1. The molecule has 0 spiro atoms. The van der Waals surface area contributed by atoms with Crippen molar-refractivity contribution in [1.29, 1.82) is 0 Å². The monoisotopic (exact) mass is 337 g/mol. The lowest BCUT2D eigenvalue weighted by atomic mass is 9.86. The molecule has 2 atom stereocenters. The topological polar surface area (TPSA) is 57.8 Å². The molecular weight excluding hydrogens is 318 g/mol. The summed E-state index contributed by atoms with van der Waals surface area (Å²) in [5.41, 5.74) is 1.77. The minimum absolute atomic E-state index is 0.0854. The molecule has 1 heterocycles. The number of aromatic nitrogens is 2. The van der Waals surface area contributed by atoms with Crippen LogP contribution in [0.3, 0.4) is 0 Å². The summed E-state index contributed by atoms with van der Waals surface area (Å²) in [4.78, 5) is 19.8. The third-order valence-corrected chi connectivity index (χ3v) is 5.33. The van der Waals surface area contributed by atoms with Crippen LogP contribution in [-0.2, 0) is 4.79 Å². The lowest BCUT2D eigenvalue weighted by molar-refractivity contribution is -0.119. The predicted molar refractivity (Wildman–Crippen MR) is 91.4 cm³/mol. The smallest absolute Gasteiger partial charge is 0.230 e. The fourth-order valence-electron chi connectivity index (χ4n) is 2.94. The Morgan fingerprint density at radius 2 is 2.27 bits per heavy atom. The maximum atomic E-state index is 12.1. The SMILES string of the molecule is C[C@@H]1CCCC[C@@H]1NC(=O)CSc1nc2ccc(Cl)cc2[nH]1. The van der Waals surface area contributed by atoms with Gasteiger partial charge in [-0.05, 0) is 37.0 Å². The van der Waals surface area contributed by atoms with Gasteiger partial charge in [0.2, 0.25) is 5.91 Å². The van der Waals surface area contributed by atoms with E-state index in [1.165, 1.54) is 31.0 Å². The quantitative estimate of drug-likeness (QED) is 0.829. The van der Waals surface area contributed by atoms with Crippen LogP contribution in [0, 0.1) is 5.92 Å². The van der Waals surface area contributed by atoms with E-state index in [0.29, 0.717) is 22.7 Å². The third-order valence-electron chi connectivity index (χ3n) is 4.22. The first kappa shape index (κ1) is 15.7. The van der Waals surface area contributed by atoms with Crippen LogP contribution < -0.4 is 5.32 Å². The van der Waals surface area contributed by atoms with Crippen molar-refractivity contribution in [2.24, 2.45) is 5.92 Å². The van der Waals surface area contributed by atoms with Crippen molar-refractivity contribution < 1.29 is 4.79 Å². The molecule has 0 unspecified atom stereocenters. The molecule has 2 N–H and O–H groups in total. The summed E-state index contributed by atoms with van der Waals surface area (Å²) in [5, 5.41) is 4.59. The number of benzene rings is 1. The molecule has 22 heavy (non-hydrogen) atoms. The first-order chi connectivity index (χ1) is 10.6. The van der Waals surface area contributed by atoms with Gasteiger partial charge in [0.25, 0.3) is 0 Å². The van der Waals surface area contributed by atoms with E-state index in [9.17, 15) is 4.79 Å². The van der Waals surface area contributed by atoms with Gasteiger partial charge in [-0.3, -0.25) is 4.79 Å². The van der Waals surface area contributed by atoms with Gasteiger partial charge in [-0.2, -0.15) is 0 Å². The summed E-state index contributed by atoms with van der Waals surface area (Å²) in [7, 11) is 0. The Morgan fingerprint density at radius 1 is 1.45 bits per heavy atom. The Hall–Kier alpha value is -1.20. The standard InChI is InChI=1S/C16H20ClN3OS/c1-10-4-2-3-5-12(10)18-15(21)9-22-16-19-13-7-6-11(17)8-14(13)20-16/h6-8,10,12H,2-5,9H2,1H3,(H,18,21)(H,19,20)/t10-,12+/m1/s1. The van der Waals surface area contributed by atoms with Crippen LogP contribution >= 0.6 is 23.4 Å². The number of halogens is 1. The van der Waals surface area contributed by atoms with Gasteiger partial charge in [0.1, 0.15) is 0 Å². The molecular formula is C16H20ClN3OS. The second kappa shape index (κ2) is 6.92. The number of nitrogens with one attached hydrogen (secondary N) is 2. The molecule has 4 nitrogen and oxygen atoms in total. The summed E-state index contributed by atoms with van der Waals surface area (Å²) < 4.78 is 0. The van der Waals surface area contributed by atoms with E-state index in [4.69, 9.17) is 11.6 Å². The molecule has 1 aliphatic carbocycles. The van der Waals surface area contributed by atoms with Crippen molar-refractivity contribution in [1.82, 2.24) is 15.3 Å². The van der Waals surface area contributed by atoms with E-state index in [1.54, 1.807) is 0 Å². The molecule has 0 bridgehead atoms. The molecule has 6 heteroatoms. The van der Waals surface area contributed by atoms with Crippen LogP contribution in [0.5, 0.6) is 0 Å². The lowest BCUT2D eigenvalue weighted by Gasteiger charge is -2.29. The maximum absolute atomic E-state index is 12.1. The molecule has 1 amide bonds. The van der Waals surface area contributed by atoms with Crippen LogP contribution in [0.1, 0.15) is 32.6 Å². The van der Waals surface area contributed by atoms with E-state index < -0.39 is 0 Å². The summed E-state index contributed by atoms with van der Waals surface area (Å²) in [6, 6.07) is 5.87. The van der Waals surface area contributed by atoms with Gasteiger partial charge >= 0.3 is 0 Å². The molecule has 3 rings (SSSR count). The predicted octanol–water partition coefficient (Wildman–Crippen LogP) is 4.00. The van der Waals surface area contributed by atoms with Gasteiger partial charge in [-0.25, -0.2) is 4.98 Å². The zero-order chi connectivity index (χ0) is 15.5. The van der Waals surface area contributed by atoms with E-state index in [-0.39, 0.29) is 5.91 Å². The van der Waals surface area contributed by atoms with Crippen molar-refractivity contribution in [2.75, 3.05) is 5.75 Å². The second-order valence-corrected chi connectivity index (χ2v) is 7.33. The third kappa shape index (κ3) is 3.76. The zero-order valence-electron chi connectivity index (χ0n) is 12.6. The van der Waals surface area contributed by atoms with E-state index >= 15 is 0 Å². The zero-order valence-corrected chi connectivity index (χ0v) is 14.1. The number of thioether (sulfide) groups is 1. The number of fused-ring (bicyclic) bond motifs is 1. The summed E-state index contributed by atoms with van der Waals surface area (Å²) in [6.07, 6.45) is 4.81. The van der Waals surface area contributed by atoms with E-state index in [1.807, 2.05) is 18.2 Å². The molecule has 1 fully saturated rings. The molecule has 2 aromatic rings. The average Bonchev–Trinajstić information content (AvgIpc) is 2.89. The van der Waals surface area contributed by atoms with Gasteiger partial charge in [-0.15, -0.1) is 0 Å². The number of aromatic amines is 1. The van der Waals surface area contributed by atoms with Crippen molar-refractivity contribution >= 4 is 40.3 Å². The average molecular weight is 338 g/mol. The van der Waals surface area contributed by atoms with Crippen molar-refractivity contribution in [3.63, 3.8) is 0 Å². The summed E-state index contributed by atoms with van der Waals surface area (Å²) in [6.45, 7) is 2.22. The minimum Gasteiger partial charge on any atom is -0.352 e. The Balaban J connectivity index is 1.55. The molecule has 0 aliphatic heterocycles. The van der Waals surface area contributed by atoms with Gasteiger partial charge in [0, 0.05) is 11.1 Å². The highest BCUT2D eigenvalue weighted by Crippen LogP contribution is 2.25. The number of nitrogens with zero attached hydrogens (tertiary/aromatic N) is 1. The van der Waals surface area contributed by atoms with Crippen LogP contribution in [0.4, 0.5) is 0 Å². The second-order valence-electron chi connectivity index (χ2n) is 5.93. The van der Waals surface area contributed by atoms with E-state index in [0.717, 1.165) is 22.6 Å². The van der Waals surface area contributed by atoms with Crippen LogP contribution in [-0.4, -0.2) is 27.7 Å². The fourth-order valence-corrected chi connectivity index (χ4v) is 3.81. The molecule has 1 saturated carbocycles. The maximum Gasteiger partial charge on any atom is 0.230 e.